The third kappa shape index (κ3) is 3.86. The first-order chi connectivity index (χ1) is 14.4. The highest BCUT2D eigenvalue weighted by Crippen LogP contribution is 2.30. The Morgan fingerprint density at radius 1 is 0.933 bits per heavy atom. The summed E-state index contributed by atoms with van der Waals surface area (Å²) in [6, 6.07) is 20.9. The van der Waals surface area contributed by atoms with Crippen molar-refractivity contribution in [1.29, 1.82) is 0 Å². The number of carbonyl (C=O) groups excluding carboxylic acids is 2. The molecule has 0 spiro atoms. The minimum absolute atomic E-state index is 0.0126. The van der Waals surface area contributed by atoms with Crippen LogP contribution in [-0.4, -0.2) is 18.4 Å². The van der Waals surface area contributed by atoms with Crippen LogP contribution in [0.2, 0.25) is 0 Å². The Bertz CT molecular complexity index is 1100. The van der Waals surface area contributed by atoms with Crippen molar-refractivity contribution in [1.82, 2.24) is 0 Å². The van der Waals surface area contributed by atoms with Gasteiger partial charge in [0.1, 0.15) is 0 Å². The smallest absolute Gasteiger partial charge is 0.258 e. The Balaban J connectivity index is 1.52. The lowest BCUT2D eigenvalue weighted by atomic mass is 9.93. The van der Waals surface area contributed by atoms with Crippen molar-refractivity contribution in [2.45, 2.75) is 27.2 Å². The highest BCUT2D eigenvalue weighted by atomic mass is 16.2. The van der Waals surface area contributed by atoms with E-state index in [1.165, 1.54) is 5.56 Å². The highest BCUT2D eigenvalue weighted by molar-refractivity contribution is 6.08. The number of aryl methyl sites for hydroxylation is 1. The minimum atomic E-state index is -0.144. The van der Waals surface area contributed by atoms with Crippen molar-refractivity contribution in [3.05, 3.63) is 94.5 Å². The van der Waals surface area contributed by atoms with E-state index in [1.54, 1.807) is 24.3 Å². The molecule has 1 unspecified atom stereocenters. The molecule has 4 nitrogen and oxygen atoms in total. The Morgan fingerprint density at radius 2 is 1.67 bits per heavy atom. The van der Waals surface area contributed by atoms with Gasteiger partial charge in [-0.1, -0.05) is 37.3 Å². The van der Waals surface area contributed by atoms with E-state index >= 15 is 0 Å². The van der Waals surface area contributed by atoms with Crippen molar-refractivity contribution in [3.8, 4) is 0 Å². The quantitative estimate of drug-likeness (QED) is 0.643. The molecule has 3 aromatic rings. The van der Waals surface area contributed by atoms with Crippen molar-refractivity contribution in [3.63, 3.8) is 0 Å². The normalized spacial score (nSPS) is 15.4. The minimum Gasteiger partial charge on any atom is -0.322 e. The van der Waals surface area contributed by atoms with Crippen molar-refractivity contribution in [2.24, 2.45) is 5.92 Å². The molecule has 30 heavy (non-hydrogen) atoms. The van der Waals surface area contributed by atoms with Gasteiger partial charge in [0.25, 0.3) is 11.8 Å². The fourth-order valence-electron chi connectivity index (χ4n) is 4.04. The monoisotopic (exact) mass is 398 g/mol. The van der Waals surface area contributed by atoms with Crippen molar-refractivity contribution >= 4 is 23.2 Å². The molecule has 152 valence electrons. The van der Waals surface area contributed by atoms with Crippen LogP contribution in [0.4, 0.5) is 11.4 Å². The lowest BCUT2D eigenvalue weighted by Gasteiger charge is -2.33. The molecule has 0 aliphatic carbocycles. The van der Waals surface area contributed by atoms with E-state index in [1.807, 2.05) is 55.1 Å². The first-order valence-corrected chi connectivity index (χ1v) is 10.3. The number of para-hydroxylation sites is 1. The van der Waals surface area contributed by atoms with Gasteiger partial charge in [0.2, 0.25) is 0 Å². The predicted molar refractivity (Wildman–Crippen MR) is 121 cm³/mol. The zero-order valence-corrected chi connectivity index (χ0v) is 17.6. The summed E-state index contributed by atoms with van der Waals surface area (Å²) in [5.74, 6) is 0.260. The largest absolute Gasteiger partial charge is 0.322 e. The van der Waals surface area contributed by atoms with Gasteiger partial charge >= 0.3 is 0 Å². The molecule has 0 bridgehead atoms. The standard InChI is InChI=1S/C26H26N2O2/c1-17-15-21-8-4-5-10-24(21)28(16-17)26(30)20-11-13-22(14-12-20)27-25(29)23-9-6-7-18(2)19(23)3/h4-14,17H,15-16H2,1-3H3,(H,27,29). The lowest BCUT2D eigenvalue weighted by Crippen LogP contribution is -2.39. The molecule has 0 saturated heterocycles. The summed E-state index contributed by atoms with van der Waals surface area (Å²) in [6.45, 7) is 6.82. The van der Waals surface area contributed by atoms with Crippen LogP contribution in [-0.2, 0) is 6.42 Å². The van der Waals surface area contributed by atoms with Gasteiger partial charge in [0, 0.05) is 29.0 Å². The van der Waals surface area contributed by atoms with Crippen LogP contribution in [0.15, 0.2) is 66.7 Å². The number of nitrogens with one attached hydrogen (secondary N) is 1. The van der Waals surface area contributed by atoms with Gasteiger partial charge < -0.3 is 10.2 Å². The molecule has 0 aromatic heterocycles. The molecule has 1 aliphatic rings. The summed E-state index contributed by atoms with van der Waals surface area (Å²) in [5.41, 5.74) is 6.21. The molecule has 0 radical (unpaired) electrons. The summed E-state index contributed by atoms with van der Waals surface area (Å²) in [7, 11) is 0. The molecule has 4 rings (SSSR count). The second kappa shape index (κ2) is 8.15. The first-order valence-electron chi connectivity index (χ1n) is 10.3. The topological polar surface area (TPSA) is 49.4 Å². The number of carbonyl (C=O) groups is 2. The molecule has 2 amide bonds. The number of anilines is 2. The summed E-state index contributed by atoms with van der Waals surface area (Å²) in [6.07, 6.45) is 0.989. The second-order valence-corrected chi connectivity index (χ2v) is 8.13. The number of fused-ring (bicyclic) bond motifs is 1. The van der Waals surface area contributed by atoms with Crippen LogP contribution in [0, 0.1) is 19.8 Å². The van der Waals surface area contributed by atoms with Crippen LogP contribution in [0.25, 0.3) is 0 Å². The van der Waals surface area contributed by atoms with Gasteiger partial charge in [-0.3, -0.25) is 9.59 Å². The average molecular weight is 399 g/mol. The summed E-state index contributed by atoms with van der Waals surface area (Å²) in [5, 5.41) is 2.93. The number of hydrogen-bond acceptors (Lipinski definition) is 2. The van der Waals surface area contributed by atoms with Crippen LogP contribution in [0.5, 0.6) is 0 Å². The number of benzene rings is 3. The number of rotatable bonds is 3. The van der Waals surface area contributed by atoms with E-state index in [0.717, 1.165) is 23.2 Å². The van der Waals surface area contributed by atoms with Gasteiger partial charge in [-0.05, 0) is 79.3 Å². The molecule has 1 heterocycles. The van der Waals surface area contributed by atoms with Crippen LogP contribution in [0.1, 0.15) is 44.3 Å². The molecule has 1 N–H and O–H groups in total. The Morgan fingerprint density at radius 3 is 2.43 bits per heavy atom. The molecular weight excluding hydrogens is 372 g/mol. The maximum atomic E-state index is 13.2. The van der Waals surface area contributed by atoms with Crippen LogP contribution in [0.3, 0.4) is 0 Å². The highest BCUT2D eigenvalue weighted by Gasteiger charge is 2.26. The van der Waals surface area contributed by atoms with Gasteiger partial charge in [0.05, 0.1) is 0 Å². The second-order valence-electron chi connectivity index (χ2n) is 8.13. The van der Waals surface area contributed by atoms with E-state index in [2.05, 4.69) is 18.3 Å². The average Bonchev–Trinajstić information content (AvgIpc) is 2.75. The van der Waals surface area contributed by atoms with Gasteiger partial charge in [0.15, 0.2) is 0 Å². The maximum absolute atomic E-state index is 13.2. The Kier molecular flexibility index (Phi) is 5.40. The van der Waals surface area contributed by atoms with Gasteiger partial charge in [-0.15, -0.1) is 0 Å². The first kappa shape index (κ1) is 19.9. The molecule has 0 fully saturated rings. The molecular formula is C26H26N2O2. The zero-order chi connectivity index (χ0) is 21.3. The molecule has 1 atom stereocenters. The molecule has 3 aromatic carbocycles. The van der Waals surface area contributed by atoms with Crippen molar-refractivity contribution in [2.75, 3.05) is 16.8 Å². The van der Waals surface area contributed by atoms with Crippen LogP contribution >= 0.6 is 0 Å². The predicted octanol–water partition coefficient (Wildman–Crippen LogP) is 5.39. The molecule has 0 saturated carbocycles. The molecule has 4 heteroatoms. The van der Waals surface area contributed by atoms with E-state index in [9.17, 15) is 9.59 Å². The van der Waals surface area contributed by atoms with E-state index in [0.29, 0.717) is 29.3 Å². The summed E-state index contributed by atoms with van der Waals surface area (Å²) >= 11 is 0. The van der Waals surface area contributed by atoms with Gasteiger partial charge in [-0.25, -0.2) is 0 Å². The SMILES string of the molecule is Cc1cccc(C(=O)Nc2ccc(C(=O)N3CC(C)Cc4ccccc43)cc2)c1C. The number of nitrogens with zero attached hydrogens (tertiary/aromatic N) is 1. The van der Waals surface area contributed by atoms with Crippen molar-refractivity contribution < 1.29 is 9.59 Å². The number of hydrogen-bond donors (Lipinski definition) is 1. The van der Waals surface area contributed by atoms with E-state index in [4.69, 9.17) is 0 Å². The fraction of sp³-hybridized carbons (Fsp3) is 0.231. The Labute approximate surface area is 177 Å². The van der Waals surface area contributed by atoms with Gasteiger partial charge in [-0.2, -0.15) is 0 Å². The third-order valence-electron chi connectivity index (χ3n) is 5.83. The van der Waals surface area contributed by atoms with E-state index < -0.39 is 0 Å². The van der Waals surface area contributed by atoms with E-state index in [-0.39, 0.29) is 11.8 Å². The third-order valence-corrected chi connectivity index (χ3v) is 5.83. The molecule has 1 aliphatic heterocycles. The summed E-state index contributed by atoms with van der Waals surface area (Å²) in [4.78, 5) is 27.7. The maximum Gasteiger partial charge on any atom is 0.258 e. The summed E-state index contributed by atoms with van der Waals surface area (Å²) < 4.78 is 0. The zero-order valence-electron chi connectivity index (χ0n) is 17.6. The number of amides is 2. The lowest BCUT2D eigenvalue weighted by molar-refractivity contribution is 0.0980. The van der Waals surface area contributed by atoms with Crippen LogP contribution < -0.4 is 10.2 Å². The Hall–Kier alpha value is -3.40. The fourth-order valence-corrected chi connectivity index (χ4v) is 4.04.